The van der Waals surface area contributed by atoms with E-state index in [9.17, 15) is 5.11 Å². The minimum absolute atomic E-state index is 0.274. The van der Waals surface area contributed by atoms with Gasteiger partial charge in [0.1, 0.15) is 5.75 Å². The minimum atomic E-state index is -0.486. The van der Waals surface area contributed by atoms with Crippen LogP contribution in [0.4, 0.5) is 0 Å². The fourth-order valence-corrected chi connectivity index (χ4v) is 4.32. The summed E-state index contributed by atoms with van der Waals surface area (Å²) >= 11 is 0. The molecule has 1 N–H and O–H groups in total. The molecule has 1 aliphatic rings. The Labute approximate surface area is 152 Å². The molecule has 5 rings (SSSR count). The van der Waals surface area contributed by atoms with Gasteiger partial charge in [-0.15, -0.1) is 0 Å². The lowest BCUT2D eigenvalue weighted by Gasteiger charge is -2.33. The third-order valence-electron chi connectivity index (χ3n) is 5.31. The maximum atomic E-state index is 10.7. The fraction of sp³-hybridized carbons (Fsp3) is 0.0417. The van der Waals surface area contributed by atoms with Crippen LogP contribution in [-0.4, -0.2) is 10.1 Å². The van der Waals surface area contributed by atoms with Gasteiger partial charge in [-0.05, 0) is 34.4 Å². The molecule has 1 aromatic heterocycles. The van der Waals surface area contributed by atoms with Crippen LogP contribution in [-0.2, 0) is 5.41 Å². The summed E-state index contributed by atoms with van der Waals surface area (Å²) in [5.74, 6) is 0.274. The first-order valence-corrected chi connectivity index (χ1v) is 8.73. The summed E-state index contributed by atoms with van der Waals surface area (Å²) in [5.41, 5.74) is 5.72. The lowest BCUT2D eigenvalue weighted by Crippen LogP contribution is -2.28. The molecule has 0 atom stereocenters. The number of nitrogens with zero attached hydrogens (tertiary/aromatic N) is 1. The van der Waals surface area contributed by atoms with Gasteiger partial charge in [0.15, 0.2) is 0 Å². The second-order valence-electron chi connectivity index (χ2n) is 6.58. The molecule has 2 nitrogen and oxygen atoms in total. The molecule has 0 aliphatic heterocycles. The highest BCUT2D eigenvalue weighted by Crippen LogP contribution is 2.57. The van der Waals surface area contributed by atoms with Gasteiger partial charge in [0.05, 0.1) is 11.1 Å². The molecular weight excluding hydrogens is 318 g/mol. The van der Waals surface area contributed by atoms with Crippen molar-refractivity contribution < 1.29 is 5.11 Å². The SMILES string of the molecule is Oc1cccc2c1-c1ncccc1C2(c1ccccc1)c1ccccc1. The van der Waals surface area contributed by atoms with Gasteiger partial charge >= 0.3 is 0 Å². The van der Waals surface area contributed by atoms with Gasteiger partial charge < -0.3 is 5.11 Å². The lowest BCUT2D eigenvalue weighted by atomic mass is 9.68. The van der Waals surface area contributed by atoms with E-state index in [1.165, 1.54) is 11.1 Å². The van der Waals surface area contributed by atoms with Crippen LogP contribution in [0.25, 0.3) is 11.3 Å². The van der Waals surface area contributed by atoms with Gasteiger partial charge in [-0.2, -0.15) is 0 Å². The maximum Gasteiger partial charge on any atom is 0.125 e. The van der Waals surface area contributed by atoms with Gasteiger partial charge in [0.2, 0.25) is 0 Å². The number of aromatic hydroxyl groups is 1. The molecule has 3 aromatic carbocycles. The topological polar surface area (TPSA) is 33.1 Å². The van der Waals surface area contributed by atoms with Crippen molar-refractivity contribution in [1.82, 2.24) is 4.98 Å². The second kappa shape index (κ2) is 5.57. The van der Waals surface area contributed by atoms with Crippen LogP contribution in [0.2, 0.25) is 0 Å². The van der Waals surface area contributed by atoms with Crippen molar-refractivity contribution in [3.8, 4) is 17.0 Å². The van der Waals surface area contributed by atoms with Crippen molar-refractivity contribution in [1.29, 1.82) is 0 Å². The molecule has 1 heterocycles. The third kappa shape index (κ3) is 1.84. The average Bonchev–Trinajstić information content (AvgIpc) is 3.02. The molecule has 0 unspecified atom stereocenters. The van der Waals surface area contributed by atoms with Crippen LogP contribution in [0.5, 0.6) is 5.75 Å². The van der Waals surface area contributed by atoms with Crippen molar-refractivity contribution in [2.24, 2.45) is 0 Å². The second-order valence-corrected chi connectivity index (χ2v) is 6.58. The van der Waals surface area contributed by atoms with Gasteiger partial charge in [-0.25, -0.2) is 0 Å². The Balaban J connectivity index is 2.00. The van der Waals surface area contributed by atoms with Crippen LogP contribution in [0.1, 0.15) is 22.3 Å². The van der Waals surface area contributed by atoms with E-state index in [4.69, 9.17) is 0 Å². The fourth-order valence-electron chi connectivity index (χ4n) is 4.32. The molecule has 0 fully saturated rings. The molecule has 1 aliphatic carbocycles. The summed E-state index contributed by atoms with van der Waals surface area (Å²) in [6.07, 6.45) is 1.79. The molecule has 0 amide bonds. The van der Waals surface area contributed by atoms with Crippen LogP contribution < -0.4 is 0 Å². The number of hydrogen-bond donors (Lipinski definition) is 1. The number of fused-ring (bicyclic) bond motifs is 3. The van der Waals surface area contributed by atoms with Gasteiger partial charge in [-0.3, -0.25) is 4.98 Å². The first-order chi connectivity index (χ1) is 12.8. The van der Waals surface area contributed by atoms with Crippen LogP contribution in [0, 0.1) is 0 Å². The lowest BCUT2D eigenvalue weighted by molar-refractivity contribution is 0.476. The van der Waals surface area contributed by atoms with Crippen molar-refractivity contribution >= 4 is 0 Å². The van der Waals surface area contributed by atoms with E-state index in [1.807, 2.05) is 24.3 Å². The van der Waals surface area contributed by atoms with E-state index in [-0.39, 0.29) is 5.75 Å². The van der Waals surface area contributed by atoms with Crippen LogP contribution in [0.3, 0.4) is 0 Å². The van der Waals surface area contributed by atoms with Crippen LogP contribution in [0.15, 0.2) is 97.2 Å². The first-order valence-electron chi connectivity index (χ1n) is 8.73. The number of pyridine rings is 1. The average molecular weight is 335 g/mol. The predicted octanol–water partition coefficient (Wildman–Crippen LogP) is 5.15. The molecule has 0 bridgehead atoms. The van der Waals surface area contributed by atoms with Gasteiger partial charge in [-0.1, -0.05) is 78.9 Å². The predicted molar refractivity (Wildman–Crippen MR) is 103 cm³/mol. The molecule has 124 valence electrons. The van der Waals surface area contributed by atoms with E-state index >= 15 is 0 Å². The van der Waals surface area contributed by atoms with Crippen molar-refractivity contribution in [3.05, 3.63) is 119 Å². The Kier molecular flexibility index (Phi) is 3.19. The number of hydrogen-bond acceptors (Lipinski definition) is 2. The van der Waals surface area contributed by atoms with Crippen molar-refractivity contribution in [3.63, 3.8) is 0 Å². The Morgan fingerprint density at radius 2 is 1.23 bits per heavy atom. The summed E-state index contributed by atoms with van der Waals surface area (Å²) in [6, 6.07) is 30.8. The standard InChI is InChI=1S/C24H17NO/c26-21-15-7-13-19-22(21)23-20(14-8-16-25-23)24(19,17-9-3-1-4-10-17)18-11-5-2-6-12-18/h1-16,26H. The van der Waals surface area contributed by atoms with Crippen LogP contribution >= 0.6 is 0 Å². The number of aromatic nitrogens is 1. The molecule has 0 saturated carbocycles. The molecule has 0 radical (unpaired) electrons. The highest BCUT2D eigenvalue weighted by Gasteiger charge is 2.47. The molecule has 4 aromatic rings. The summed E-state index contributed by atoms with van der Waals surface area (Å²) in [4.78, 5) is 4.65. The normalized spacial score (nSPS) is 13.8. The number of phenolic OH excluding ortho intramolecular Hbond substituents is 1. The molecule has 2 heteroatoms. The summed E-state index contributed by atoms with van der Waals surface area (Å²) < 4.78 is 0. The Morgan fingerprint density at radius 3 is 1.88 bits per heavy atom. The highest BCUT2D eigenvalue weighted by molar-refractivity contribution is 5.87. The zero-order valence-corrected chi connectivity index (χ0v) is 14.1. The smallest absolute Gasteiger partial charge is 0.125 e. The van der Waals surface area contributed by atoms with E-state index in [0.29, 0.717) is 0 Å². The zero-order valence-electron chi connectivity index (χ0n) is 14.1. The van der Waals surface area contributed by atoms with E-state index in [1.54, 1.807) is 12.3 Å². The van der Waals surface area contributed by atoms with Gasteiger partial charge in [0, 0.05) is 11.8 Å². The largest absolute Gasteiger partial charge is 0.507 e. The molecule has 0 saturated heterocycles. The molecule has 0 spiro atoms. The van der Waals surface area contributed by atoms with E-state index < -0.39 is 5.41 Å². The van der Waals surface area contributed by atoms with E-state index in [2.05, 4.69) is 65.6 Å². The Bertz CT molecular complexity index is 1050. The maximum absolute atomic E-state index is 10.7. The molecule has 26 heavy (non-hydrogen) atoms. The van der Waals surface area contributed by atoms with Gasteiger partial charge in [0.25, 0.3) is 0 Å². The minimum Gasteiger partial charge on any atom is -0.507 e. The quantitative estimate of drug-likeness (QED) is 0.484. The number of rotatable bonds is 2. The van der Waals surface area contributed by atoms with E-state index in [0.717, 1.165) is 22.4 Å². The number of benzene rings is 3. The highest BCUT2D eigenvalue weighted by atomic mass is 16.3. The Morgan fingerprint density at radius 1 is 0.615 bits per heavy atom. The summed E-state index contributed by atoms with van der Waals surface area (Å²) in [5, 5.41) is 10.7. The van der Waals surface area contributed by atoms with Crippen molar-refractivity contribution in [2.75, 3.05) is 0 Å². The number of phenols is 1. The third-order valence-corrected chi connectivity index (χ3v) is 5.31. The Hall–Kier alpha value is -3.39. The zero-order chi connectivity index (χ0) is 17.6. The molecular formula is C24H17NO. The first kappa shape index (κ1) is 14.9. The summed E-state index contributed by atoms with van der Waals surface area (Å²) in [6.45, 7) is 0. The van der Waals surface area contributed by atoms with Crippen molar-refractivity contribution in [2.45, 2.75) is 5.41 Å². The monoisotopic (exact) mass is 335 g/mol. The summed E-state index contributed by atoms with van der Waals surface area (Å²) in [7, 11) is 0.